The van der Waals surface area contributed by atoms with Gasteiger partial charge in [0.05, 0.1) is 4.21 Å². The molecule has 3 heteroatoms. The maximum atomic E-state index is 5.99. The highest BCUT2D eigenvalue weighted by Crippen LogP contribution is 2.35. The minimum atomic E-state index is 0.354. The zero-order valence-electron chi connectivity index (χ0n) is 5.34. The lowest BCUT2D eigenvalue weighted by Crippen LogP contribution is -2.10. The fourth-order valence-corrected chi connectivity index (χ4v) is 3.51. The van der Waals surface area contributed by atoms with Gasteiger partial charge in [-0.2, -0.15) is 0 Å². The Morgan fingerprint density at radius 2 is 2.50 bits per heavy atom. The van der Waals surface area contributed by atoms with Gasteiger partial charge in [-0.05, 0) is 23.4 Å². The molecule has 0 amide bonds. The minimum Gasteiger partial charge on any atom is -0.137 e. The molecule has 2 rings (SSSR count). The van der Waals surface area contributed by atoms with Crippen LogP contribution in [0, 0.1) is 0 Å². The van der Waals surface area contributed by atoms with Gasteiger partial charge in [0.1, 0.15) is 0 Å². The van der Waals surface area contributed by atoms with E-state index in [2.05, 4.69) is 11.4 Å². The van der Waals surface area contributed by atoms with E-state index < -0.39 is 0 Å². The highest BCUT2D eigenvalue weighted by atomic mass is 35.5. The number of hydrogen-bond acceptors (Lipinski definition) is 2. The van der Waals surface area contributed by atoms with Gasteiger partial charge in [-0.25, -0.2) is 0 Å². The van der Waals surface area contributed by atoms with E-state index >= 15 is 0 Å². The van der Waals surface area contributed by atoms with Crippen molar-refractivity contribution in [3.8, 4) is 0 Å². The third-order valence-electron chi connectivity index (χ3n) is 1.54. The first-order valence-electron chi connectivity index (χ1n) is 3.19. The van der Waals surface area contributed by atoms with Crippen LogP contribution in [0.3, 0.4) is 0 Å². The predicted octanol–water partition coefficient (Wildman–Crippen LogP) is 3.00. The second kappa shape index (κ2) is 2.76. The van der Waals surface area contributed by atoms with Gasteiger partial charge in [-0.3, -0.25) is 0 Å². The first kappa shape index (κ1) is 7.01. The van der Waals surface area contributed by atoms with E-state index in [4.69, 9.17) is 11.6 Å². The van der Waals surface area contributed by atoms with Crippen molar-refractivity contribution in [3.63, 3.8) is 0 Å². The molecule has 1 aliphatic rings. The normalized spacial score (nSPS) is 24.3. The summed E-state index contributed by atoms with van der Waals surface area (Å²) in [7, 11) is 0. The number of fused-ring (bicyclic) bond motifs is 1. The molecule has 0 aromatic carbocycles. The summed E-state index contributed by atoms with van der Waals surface area (Å²) in [6, 6.07) is 2.18. The zero-order chi connectivity index (χ0) is 6.97. The van der Waals surface area contributed by atoms with Crippen molar-refractivity contribution < 1.29 is 0 Å². The Balaban J connectivity index is 2.30. The second-order valence-electron chi connectivity index (χ2n) is 2.35. The van der Waals surface area contributed by atoms with Crippen LogP contribution in [-0.4, -0.2) is 11.1 Å². The monoisotopic (exact) mass is 190 g/mol. The lowest BCUT2D eigenvalue weighted by atomic mass is 10.2. The minimum absolute atomic E-state index is 0.354. The van der Waals surface area contributed by atoms with Gasteiger partial charge in [0.2, 0.25) is 0 Å². The summed E-state index contributed by atoms with van der Waals surface area (Å²) in [6.07, 6.45) is 1.06. The largest absolute Gasteiger partial charge is 0.137 e. The lowest BCUT2D eigenvalue weighted by Gasteiger charge is -2.14. The molecular formula is C7H7ClS2. The van der Waals surface area contributed by atoms with Crippen LogP contribution in [0.25, 0.3) is 0 Å². The van der Waals surface area contributed by atoms with Gasteiger partial charge >= 0.3 is 0 Å². The average Bonchev–Trinajstić information content (AvgIpc) is 2.33. The van der Waals surface area contributed by atoms with Crippen LogP contribution in [-0.2, 0) is 6.42 Å². The van der Waals surface area contributed by atoms with Crippen molar-refractivity contribution >= 4 is 34.7 Å². The van der Waals surface area contributed by atoms with Gasteiger partial charge < -0.3 is 0 Å². The second-order valence-corrected chi connectivity index (χ2v) is 5.17. The molecule has 1 aromatic rings. The third-order valence-corrected chi connectivity index (χ3v) is 4.52. The number of rotatable bonds is 0. The molecule has 54 valence electrons. The first-order valence-corrected chi connectivity index (χ1v) is 5.49. The lowest BCUT2D eigenvalue weighted by molar-refractivity contribution is 0.914. The summed E-state index contributed by atoms with van der Waals surface area (Å²) in [5.41, 5.74) is 1.45. The number of halogens is 1. The number of thiophene rings is 1. The zero-order valence-corrected chi connectivity index (χ0v) is 7.73. The van der Waals surface area contributed by atoms with Crippen molar-refractivity contribution in [3.05, 3.63) is 17.0 Å². The fourth-order valence-electron chi connectivity index (χ4n) is 1.06. The molecule has 0 fully saturated rings. The Bertz CT molecular complexity index is 231. The molecule has 0 N–H and O–H groups in total. The topological polar surface area (TPSA) is 0 Å². The maximum absolute atomic E-state index is 5.99. The first-order chi connectivity index (χ1) is 4.86. The van der Waals surface area contributed by atoms with Gasteiger partial charge in [-0.15, -0.1) is 34.7 Å². The molecule has 0 aliphatic carbocycles. The van der Waals surface area contributed by atoms with Crippen LogP contribution in [0.4, 0.5) is 0 Å². The quantitative estimate of drug-likeness (QED) is 0.567. The van der Waals surface area contributed by atoms with E-state index in [1.165, 1.54) is 9.77 Å². The molecule has 0 nitrogen and oxygen atoms in total. The number of thioether (sulfide) groups is 1. The third kappa shape index (κ3) is 1.20. The molecule has 0 saturated carbocycles. The van der Waals surface area contributed by atoms with E-state index in [1.807, 2.05) is 23.1 Å². The Morgan fingerprint density at radius 1 is 1.60 bits per heavy atom. The van der Waals surface area contributed by atoms with Crippen molar-refractivity contribution in [1.82, 2.24) is 0 Å². The summed E-state index contributed by atoms with van der Waals surface area (Å²) in [6.45, 7) is 0. The molecule has 0 saturated heterocycles. The predicted molar refractivity (Wildman–Crippen MR) is 48.4 cm³/mol. The number of alkyl halides is 1. The Morgan fingerprint density at radius 3 is 3.40 bits per heavy atom. The molecule has 1 atom stereocenters. The van der Waals surface area contributed by atoms with Crippen molar-refractivity contribution in [2.75, 3.05) is 5.75 Å². The SMILES string of the molecule is ClC1CSc2sccc2C1. The summed E-state index contributed by atoms with van der Waals surface area (Å²) >= 11 is 9.71. The highest BCUT2D eigenvalue weighted by molar-refractivity contribution is 8.01. The van der Waals surface area contributed by atoms with Gasteiger partial charge in [0, 0.05) is 11.1 Å². The Hall–Kier alpha value is 0.340. The van der Waals surface area contributed by atoms with Crippen LogP contribution in [0.15, 0.2) is 15.7 Å². The molecule has 1 unspecified atom stereocenters. The molecule has 2 heterocycles. The Kier molecular flexibility index (Phi) is 1.94. The summed E-state index contributed by atoms with van der Waals surface area (Å²) < 4.78 is 1.47. The van der Waals surface area contributed by atoms with Crippen LogP contribution in [0.5, 0.6) is 0 Å². The van der Waals surface area contributed by atoms with Gasteiger partial charge in [-0.1, -0.05) is 0 Å². The van der Waals surface area contributed by atoms with Crippen molar-refractivity contribution in [2.24, 2.45) is 0 Å². The number of hydrogen-bond donors (Lipinski definition) is 0. The van der Waals surface area contributed by atoms with Crippen molar-refractivity contribution in [1.29, 1.82) is 0 Å². The molecule has 0 spiro atoms. The van der Waals surface area contributed by atoms with E-state index in [9.17, 15) is 0 Å². The molecule has 0 radical (unpaired) electrons. The summed E-state index contributed by atoms with van der Waals surface area (Å²) in [5.74, 6) is 1.08. The fraction of sp³-hybridized carbons (Fsp3) is 0.429. The molecule has 1 aromatic heterocycles. The van der Waals surface area contributed by atoms with Crippen LogP contribution in [0.1, 0.15) is 5.56 Å². The van der Waals surface area contributed by atoms with Crippen LogP contribution in [0.2, 0.25) is 0 Å². The smallest absolute Gasteiger partial charge is 0.0631 e. The maximum Gasteiger partial charge on any atom is 0.0631 e. The van der Waals surface area contributed by atoms with Crippen LogP contribution < -0.4 is 0 Å². The van der Waals surface area contributed by atoms with Crippen molar-refractivity contribution in [2.45, 2.75) is 16.0 Å². The molecule has 1 aliphatic heterocycles. The molecule has 10 heavy (non-hydrogen) atoms. The van der Waals surface area contributed by atoms with E-state index in [-0.39, 0.29) is 0 Å². The van der Waals surface area contributed by atoms with E-state index in [0.717, 1.165) is 12.2 Å². The average molecular weight is 191 g/mol. The van der Waals surface area contributed by atoms with E-state index in [1.54, 1.807) is 0 Å². The Labute approximate surface area is 73.6 Å². The van der Waals surface area contributed by atoms with Gasteiger partial charge in [0.25, 0.3) is 0 Å². The molecule has 0 bridgehead atoms. The van der Waals surface area contributed by atoms with Gasteiger partial charge in [0.15, 0.2) is 0 Å². The van der Waals surface area contributed by atoms with E-state index in [0.29, 0.717) is 5.38 Å². The highest BCUT2D eigenvalue weighted by Gasteiger charge is 2.17. The standard InChI is InChI=1S/C7H7ClS2/c8-6-3-5-1-2-9-7(5)10-4-6/h1-2,6H,3-4H2. The summed E-state index contributed by atoms with van der Waals surface area (Å²) in [4.78, 5) is 0. The molecular weight excluding hydrogens is 184 g/mol. The van der Waals surface area contributed by atoms with Crippen LogP contribution >= 0.6 is 34.7 Å². The summed E-state index contributed by atoms with van der Waals surface area (Å²) in [5, 5.41) is 2.50.